The number of carbonyl (C=O) groups excluding carboxylic acids is 1. The highest BCUT2D eigenvalue weighted by molar-refractivity contribution is 6.20. The predicted molar refractivity (Wildman–Crippen MR) is 75.7 cm³/mol. The number of amides is 1. The minimum atomic E-state index is -0.145. The van der Waals surface area contributed by atoms with Crippen LogP contribution in [-0.2, 0) is 6.42 Å². The van der Waals surface area contributed by atoms with Gasteiger partial charge in [0.25, 0.3) is 5.91 Å². The molecular formula is C15H12N4O. The van der Waals surface area contributed by atoms with Gasteiger partial charge in [-0.2, -0.15) is 0 Å². The van der Waals surface area contributed by atoms with Crippen LogP contribution in [0, 0.1) is 0 Å². The van der Waals surface area contributed by atoms with Crippen molar-refractivity contribution in [3.63, 3.8) is 0 Å². The second kappa shape index (κ2) is 3.96. The molecule has 4 rings (SSSR count). The zero-order valence-corrected chi connectivity index (χ0v) is 11.0. The number of carbonyl (C=O) groups is 1. The number of benzene rings is 1. The second-order valence-corrected chi connectivity index (χ2v) is 5.01. The van der Waals surface area contributed by atoms with Gasteiger partial charge in [0.2, 0.25) is 0 Å². The molecule has 5 heteroatoms. The summed E-state index contributed by atoms with van der Waals surface area (Å²) >= 11 is 0. The highest BCUT2D eigenvalue weighted by Gasteiger charge is 2.25. The lowest BCUT2D eigenvalue weighted by atomic mass is 10.0. The van der Waals surface area contributed by atoms with Crippen molar-refractivity contribution in [3.05, 3.63) is 47.4 Å². The van der Waals surface area contributed by atoms with E-state index in [1.165, 1.54) is 0 Å². The highest BCUT2D eigenvalue weighted by Crippen LogP contribution is 2.34. The number of hydrogen-bond acceptors (Lipinski definition) is 4. The van der Waals surface area contributed by atoms with Crippen LogP contribution in [-0.4, -0.2) is 28.1 Å². The van der Waals surface area contributed by atoms with Gasteiger partial charge in [0, 0.05) is 35.3 Å². The first-order valence-corrected chi connectivity index (χ1v) is 6.54. The van der Waals surface area contributed by atoms with Crippen LogP contribution < -0.4 is 4.90 Å². The van der Waals surface area contributed by atoms with Crippen molar-refractivity contribution >= 4 is 23.1 Å². The Morgan fingerprint density at radius 3 is 3.05 bits per heavy atom. The molecule has 0 atom stereocenters. The average molecular weight is 264 g/mol. The van der Waals surface area contributed by atoms with Gasteiger partial charge in [-0.05, 0) is 31.5 Å². The van der Waals surface area contributed by atoms with E-state index in [4.69, 9.17) is 0 Å². The van der Waals surface area contributed by atoms with Crippen molar-refractivity contribution < 1.29 is 4.79 Å². The topological polar surface area (TPSA) is 58.5 Å². The van der Waals surface area contributed by atoms with E-state index in [1.54, 1.807) is 6.33 Å². The smallest absolute Gasteiger partial charge is 0.277 e. The maximum absolute atomic E-state index is 11.7. The third-order valence-corrected chi connectivity index (χ3v) is 3.83. The molecule has 20 heavy (non-hydrogen) atoms. The Bertz CT molecular complexity index is 766. The Morgan fingerprint density at radius 2 is 2.15 bits per heavy atom. The third-order valence-electron chi connectivity index (χ3n) is 3.83. The fraction of sp³-hybridized carbons (Fsp3) is 0.200. The molecule has 0 aliphatic carbocycles. The lowest BCUT2D eigenvalue weighted by Crippen LogP contribution is -2.15. The van der Waals surface area contributed by atoms with E-state index >= 15 is 0 Å². The van der Waals surface area contributed by atoms with E-state index in [0.717, 1.165) is 41.3 Å². The molecule has 0 spiro atoms. The van der Waals surface area contributed by atoms with E-state index in [1.807, 2.05) is 31.3 Å². The molecule has 0 N–H and O–H groups in total. The summed E-state index contributed by atoms with van der Waals surface area (Å²) in [5.74, 6) is 0.812. The quantitative estimate of drug-likeness (QED) is 0.791. The summed E-state index contributed by atoms with van der Waals surface area (Å²) in [7, 11) is 0. The zero-order valence-electron chi connectivity index (χ0n) is 11.0. The molecule has 2 aliphatic heterocycles. The Kier molecular flexibility index (Phi) is 2.24. The van der Waals surface area contributed by atoms with E-state index in [9.17, 15) is 4.79 Å². The Labute approximate surface area is 116 Å². The standard InChI is InChI=1S/C15H12N4O/c1-9-13-6-11(2-3-12(13)15(20)18-9)19-5-4-10-7-16-8-17-14(10)19/h2-3,6-8H,4-5H2,1H3. The normalized spacial score (nSPS) is 16.1. The molecule has 5 nitrogen and oxygen atoms in total. The lowest BCUT2D eigenvalue weighted by molar-refractivity contribution is 0.101. The number of fused-ring (bicyclic) bond motifs is 2. The highest BCUT2D eigenvalue weighted by atomic mass is 16.1. The van der Waals surface area contributed by atoms with Crippen molar-refractivity contribution in [1.29, 1.82) is 0 Å². The van der Waals surface area contributed by atoms with Gasteiger partial charge in [-0.1, -0.05) is 0 Å². The SMILES string of the molecule is CC1=NC(=O)c2ccc(N3CCc4cncnc43)cc21. The van der Waals surface area contributed by atoms with Gasteiger partial charge in [-0.3, -0.25) is 4.79 Å². The van der Waals surface area contributed by atoms with E-state index in [-0.39, 0.29) is 5.91 Å². The molecule has 98 valence electrons. The van der Waals surface area contributed by atoms with Crippen LogP contribution in [0.5, 0.6) is 0 Å². The van der Waals surface area contributed by atoms with Crippen LogP contribution in [0.3, 0.4) is 0 Å². The summed E-state index contributed by atoms with van der Waals surface area (Å²) < 4.78 is 0. The van der Waals surface area contributed by atoms with Crippen LogP contribution in [0.15, 0.2) is 35.7 Å². The number of aromatic nitrogens is 2. The molecule has 3 heterocycles. The minimum Gasteiger partial charge on any atom is -0.326 e. The van der Waals surface area contributed by atoms with Crippen molar-refractivity contribution in [2.24, 2.45) is 4.99 Å². The third kappa shape index (κ3) is 1.49. The van der Waals surface area contributed by atoms with Gasteiger partial charge in [0.05, 0.1) is 5.56 Å². The van der Waals surface area contributed by atoms with Gasteiger partial charge in [-0.15, -0.1) is 0 Å². The van der Waals surface area contributed by atoms with E-state index in [2.05, 4.69) is 19.9 Å². The monoisotopic (exact) mass is 264 g/mol. The number of hydrogen-bond donors (Lipinski definition) is 0. The van der Waals surface area contributed by atoms with Crippen molar-refractivity contribution in [3.8, 4) is 0 Å². The molecule has 0 saturated carbocycles. The Balaban J connectivity index is 1.81. The summed E-state index contributed by atoms with van der Waals surface area (Å²) in [5.41, 5.74) is 4.61. The number of rotatable bonds is 1. The number of nitrogens with zero attached hydrogens (tertiary/aromatic N) is 4. The van der Waals surface area contributed by atoms with Gasteiger partial charge in [-0.25, -0.2) is 15.0 Å². The van der Waals surface area contributed by atoms with Crippen molar-refractivity contribution in [1.82, 2.24) is 9.97 Å². The molecule has 0 bridgehead atoms. The summed E-state index contributed by atoms with van der Waals surface area (Å²) in [6, 6.07) is 5.84. The van der Waals surface area contributed by atoms with Crippen molar-refractivity contribution in [2.45, 2.75) is 13.3 Å². The summed E-state index contributed by atoms with van der Waals surface area (Å²) in [6.45, 7) is 2.75. The molecule has 1 aromatic heterocycles. The fourth-order valence-corrected chi connectivity index (χ4v) is 2.82. The molecule has 0 unspecified atom stereocenters. The van der Waals surface area contributed by atoms with E-state index in [0.29, 0.717) is 5.56 Å². The van der Waals surface area contributed by atoms with Crippen LogP contribution in [0.1, 0.15) is 28.4 Å². The molecule has 1 amide bonds. The van der Waals surface area contributed by atoms with Gasteiger partial charge >= 0.3 is 0 Å². The molecular weight excluding hydrogens is 252 g/mol. The average Bonchev–Trinajstić information content (AvgIpc) is 3.01. The number of aliphatic imine (C=N–C) groups is 1. The molecule has 2 aromatic rings. The molecule has 2 aliphatic rings. The van der Waals surface area contributed by atoms with Crippen molar-refractivity contribution in [2.75, 3.05) is 11.4 Å². The minimum absolute atomic E-state index is 0.145. The molecule has 1 aromatic carbocycles. The van der Waals surface area contributed by atoms with Gasteiger partial charge in [0.1, 0.15) is 12.1 Å². The molecule has 0 fully saturated rings. The molecule has 0 saturated heterocycles. The number of anilines is 2. The first kappa shape index (κ1) is 11.3. The van der Waals surface area contributed by atoms with Gasteiger partial charge < -0.3 is 4.90 Å². The lowest BCUT2D eigenvalue weighted by Gasteiger charge is -2.19. The van der Waals surface area contributed by atoms with E-state index < -0.39 is 0 Å². The predicted octanol–water partition coefficient (Wildman–Crippen LogP) is 2.13. The molecule has 0 radical (unpaired) electrons. The Morgan fingerprint density at radius 1 is 1.25 bits per heavy atom. The summed E-state index contributed by atoms with van der Waals surface area (Å²) in [4.78, 5) is 26.3. The first-order chi connectivity index (χ1) is 9.74. The second-order valence-electron chi connectivity index (χ2n) is 5.01. The van der Waals surface area contributed by atoms with Crippen LogP contribution in [0.4, 0.5) is 11.5 Å². The summed E-state index contributed by atoms with van der Waals surface area (Å²) in [6.07, 6.45) is 4.38. The first-order valence-electron chi connectivity index (χ1n) is 6.54. The maximum atomic E-state index is 11.7. The van der Waals surface area contributed by atoms with Gasteiger partial charge in [0.15, 0.2) is 0 Å². The largest absolute Gasteiger partial charge is 0.326 e. The van der Waals surface area contributed by atoms with Crippen LogP contribution >= 0.6 is 0 Å². The fourth-order valence-electron chi connectivity index (χ4n) is 2.82. The maximum Gasteiger partial charge on any atom is 0.277 e. The van der Waals surface area contributed by atoms with Crippen LogP contribution in [0.2, 0.25) is 0 Å². The Hall–Kier alpha value is -2.56. The van der Waals surface area contributed by atoms with Crippen LogP contribution in [0.25, 0.3) is 0 Å². The summed E-state index contributed by atoms with van der Waals surface area (Å²) in [5, 5.41) is 0. The zero-order chi connectivity index (χ0) is 13.7.